The first-order chi connectivity index (χ1) is 13.8. The summed E-state index contributed by atoms with van der Waals surface area (Å²) >= 11 is 0. The predicted octanol–water partition coefficient (Wildman–Crippen LogP) is 4.97. The van der Waals surface area contributed by atoms with Crippen molar-refractivity contribution in [2.75, 3.05) is 0 Å². The summed E-state index contributed by atoms with van der Waals surface area (Å²) in [4.78, 5) is 17.5. The van der Waals surface area contributed by atoms with Gasteiger partial charge in [-0.15, -0.1) is 0 Å². The molecule has 29 heavy (non-hydrogen) atoms. The molecule has 2 aromatic rings. The lowest BCUT2D eigenvalue weighted by atomic mass is 9.85. The summed E-state index contributed by atoms with van der Waals surface area (Å²) in [5, 5.41) is 13.8. The van der Waals surface area contributed by atoms with E-state index in [1.54, 1.807) is 12.1 Å². The van der Waals surface area contributed by atoms with Crippen LogP contribution in [0.15, 0.2) is 59.8 Å². The van der Waals surface area contributed by atoms with E-state index < -0.39 is 29.4 Å². The van der Waals surface area contributed by atoms with Crippen LogP contribution >= 0.6 is 0 Å². The lowest BCUT2D eigenvalue weighted by Gasteiger charge is -2.31. The molecule has 0 aliphatic carbocycles. The number of halogens is 3. The molecule has 3 rings (SSSR count). The molecule has 0 aromatic heterocycles. The number of alkyl halides is 3. The maximum absolute atomic E-state index is 12.9. The Morgan fingerprint density at radius 3 is 2.38 bits per heavy atom. The fourth-order valence-electron chi connectivity index (χ4n) is 3.17. The molecule has 0 saturated carbocycles. The van der Waals surface area contributed by atoms with E-state index in [-0.39, 0.29) is 18.6 Å². The maximum Gasteiger partial charge on any atom is 0.416 e. The first-order valence-corrected chi connectivity index (χ1v) is 9.06. The fraction of sp³-hybridized carbons (Fsp3) is 0.333. The van der Waals surface area contributed by atoms with Gasteiger partial charge in [-0.05, 0) is 29.7 Å². The third-order valence-corrected chi connectivity index (χ3v) is 4.80. The van der Waals surface area contributed by atoms with Crippen LogP contribution in [0, 0.1) is 0 Å². The molecular formula is C21H20F3NO4. The number of rotatable bonds is 7. The van der Waals surface area contributed by atoms with E-state index in [2.05, 4.69) is 5.16 Å². The number of aliphatic carboxylic acids is 1. The smallest absolute Gasteiger partial charge is 0.416 e. The molecule has 1 aliphatic heterocycles. The summed E-state index contributed by atoms with van der Waals surface area (Å²) < 4.78 is 44.7. The van der Waals surface area contributed by atoms with Crippen molar-refractivity contribution in [1.29, 1.82) is 0 Å². The van der Waals surface area contributed by atoms with Crippen molar-refractivity contribution >= 4 is 11.7 Å². The van der Waals surface area contributed by atoms with E-state index in [1.165, 1.54) is 12.1 Å². The molecule has 0 fully saturated rings. The van der Waals surface area contributed by atoms with Crippen LogP contribution in [0.3, 0.4) is 0 Å². The number of oxime groups is 1. The minimum absolute atomic E-state index is 0.0146. The van der Waals surface area contributed by atoms with Gasteiger partial charge in [-0.3, -0.25) is 0 Å². The number of benzene rings is 2. The van der Waals surface area contributed by atoms with Crippen LogP contribution in [0.25, 0.3) is 0 Å². The molecule has 5 nitrogen and oxygen atoms in total. The second-order valence-corrected chi connectivity index (χ2v) is 6.77. The first kappa shape index (κ1) is 20.9. The molecule has 154 valence electrons. The second-order valence-electron chi connectivity index (χ2n) is 6.77. The number of ether oxygens (including phenoxy) is 1. The van der Waals surface area contributed by atoms with E-state index in [1.807, 2.05) is 25.1 Å². The van der Waals surface area contributed by atoms with Gasteiger partial charge in [-0.1, -0.05) is 54.5 Å². The van der Waals surface area contributed by atoms with Gasteiger partial charge in [0.15, 0.2) is 0 Å². The third-order valence-electron chi connectivity index (χ3n) is 4.80. The van der Waals surface area contributed by atoms with E-state index >= 15 is 0 Å². The van der Waals surface area contributed by atoms with E-state index in [0.29, 0.717) is 12.1 Å². The Hall–Kier alpha value is -2.87. The SMILES string of the molecule is CCC1=NOC(C(=O)O)(C(OCc2ccccc2)c2ccc(C(F)(F)F)cc2)C1. The summed E-state index contributed by atoms with van der Waals surface area (Å²) in [5.74, 6) is -1.29. The van der Waals surface area contributed by atoms with Gasteiger partial charge in [0.2, 0.25) is 0 Å². The van der Waals surface area contributed by atoms with Crippen LogP contribution in [0.2, 0.25) is 0 Å². The largest absolute Gasteiger partial charge is 0.478 e. The van der Waals surface area contributed by atoms with E-state index in [0.717, 1.165) is 17.7 Å². The third kappa shape index (κ3) is 4.42. The normalized spacial score (nSPS) is 20.1. The van der Waals surface area contributed by atoms with Gasteiger partial charge < -0.3 is 14.7 Å². The highest BCUT2D eigenvalue weighted by molar-refractivity contribution is 5.93. The number of carbonyl (C=O) groups is 1. The van der Waals surface area contributed by atoms with Crippen LogP contribution in [0.4, 0.5) is 13.2 Å². The van der Waals surface area contributed by atoms with E-state index in [9.17, 15) is 23.1 Å². The van der Waals surface area contributed by atoms with Crippen LogP contribution in [-0.2, 0) is 27.2 Å². The maximum atomic E-state index is 12.9. The Balaban J connectivity index is 1.96. The summed E-state index contributed by atoms with van der Waals surface area (Å²) in [6.07, 6.45) is -5.17. The molecule has 1 N–H and O–H groups in total. The average Bonchev–Trinajstić information content (AvgIpc) is 3.14. The quantitative estimate of drug-likeness (QED) is 0.704. The molecule has 2 unspecified atom stereocenters. The minimum atomic E-state index is -4.49. The van der Waals surface area contributed by atoms with Crippen LogP contribution < -0.4 is 0 Å². The molecule has 1 heterocycles. The van der Waals surface area contributed by atoms with E-state index in [4.69, 9.17) is 9.57 Å². The topological polar surface area (TPSA) is 68.1 Å². The summed E-state index contributed by atoms with van der Waals surface area (Å²) in [5.41, 5.74) is -1.07. The van der Waals surface area contributed by atoms with Crippen molar-refractivity contribution < 1.29 is 32.6 Å². The summed E-state index contributed by atoms with van der Waals surface area (Å²) in [6, 6.07) is 13.3. The number of hydrogen-bond acceptors (Lipinski definition) is 4. The number of carboxylic acid groups (broad SMARTS) is 1. The Kier molecular flexibility index (Phi) is 5.93. The van der Waals surface area contributed by atoms with Crippen LogP contribution in [0.5, 0.6) is 0 Å². The average molecular weight is 407 g/mol. The zero-order valence-corrected chi connectivity index (χ0v) is 15.6. The summed E-state index contributed by atoms with van der Waals surface area (Å²) in [6.45, 7) is 1.88. The number of hydrogen-bond donors (Lipinski definition) is 1. The monoisotopic (exact) mass is 407 g/mol. The molecule has 0 saturated heterocycles. The van der Waals surface area contributed by atoms with Gasteiger partial charge in [0.25, 0.3) is 5.60 Å². The number of nitrogens with zero attached hydrogens (tertiary/aromatic N) is 1. The first-order valence-electron chi connectivity index (χ1n) is 9.06. The highest BCUT2D eigenvalue weighted by atomic mass is 19.4. The van der Waals surface area contributed by atoms with Gasteiger partial charge in [-0.2, -0.15) is 13.2 Å². The second kappa shape index (κ2) is 8.24. The van der Waals surface area contributed by atoms with Crippen molar-refractivity contribution in [2.24, 2.45) is 5.16 Å². The van der Waals surface area contributed by atoms with Gasteiger partial charge in [0, 0.05) is 6.42 Å². The van der Waals surface area contributed by atoms with Gasteiger partial charge in [0.05, 0.1) is 17.9 Å². The zero-order chi connectivity index (χ0) is 21.1. The van der Waals surface area contributed by atoms with Gasteiger partial charge in [0.1, 0.15) is 6.10 Å². The zero-order valence-electron chi connectivity index (χ0n) is 15.6. The Morgan fingerprint density at radius 1 is 1.21 bits per heavy atom. The molecule has 0 spiro atoms. The molecule has 8 heteroatoms. The molecule has 1 aliphatic rings. The van der Waals surface area contributed by atoms with Crippen LogP contribution in [-0.4, -0.2) is 22.4 Å². The van der Waals surface area contributed by atoms with Crippen molar-refractivity contribution in [3.8, 4) is 0 Å². The van der Waals surface area contributed by atoms with Crippen molar-refractivity contribution in [1.82, 2.24) is 0 Å². The minimum Gasteiger partial charge on any atom is -0.478 e. The predicted molar refractivity (Wildman–Crippen MR) is 99.2 cm³/mol. The highest BCUT2D eigenvalue weighted by Crippen LogP contribution is 2.41. The van der Waals surface area contributed by atoms with Crippen LogP contribution in [0.1, 0.15) is 42.6 Å². The highest BCUT2D eigenvalue weighted by Gasteiger charge is 2.54. The van der Waals surface area contributed by atoms with Crippen molar-refractivity contribution in [3.63, 3.8) is 0 Å². The fourth-order valence-corrected chi connectivity index (χ4v) is 3.17. The van der Waals surface area contributed by atoms with Gasteiger partial charge in [-0.25, -0.2) is 4.79 Å². The number of carboxylic acids is 1. The molecular weight excluding hydrogens is 387 g/mol. The Labute approximate surface area is 165 Å². The Bertz CT molecular complexity index is 881. The van der Waals surface area contributed by atoms with Crippen molar-refractivity contribution in [3.05, 3.63) is 71.3 Å². The molecule has 2 aromatic carbocycles. The molecule has 0 radical (unpaired) electrons. The summed E-state index contributed by atoms with van der Waals surface area (Å²) in [7, 11) is 0. The standard InChI is InChI=1S/C21H20F3NO4/c1-2-17-12-20(19(26)27,29-25-17)18(28-13-14-6-4-3-5-7-14)15-8-10-16(11-9-15)21(22,23)24/h3-11,18H,2,12-13H2,1H3,(H,26,27). The lowest BCUT2D eigenvalue weighted by Crippen LogP contribution is -2.46. The van der Waals surface area contributed by atoms with Crippen molar-refractivity contribution in [2.45, 2.75) is 44.3 Å². The lowest BCUT2D eigenvalue weighted by molar-refractivity contribution is -0.187. The molecule has 0 bridgehead atoms. The van der Waals surface area contributed by atoms with Gasteiger partial charge >= 0.3 is 12.1 Å². The Morgan fingerprint density at radius 2 is 1.86 bits per heavy atom. The molecule has 0 amide bonds. The molecule has 2 atom stereocenters.